The molecule has 7 nitrogen and oxygen atoms in total. The number of hydrogen-bond acceptors (Lipinski definition) is 5. The van der Waals surface area contributed by atoms with Crippen molar-refractivity contribution in [1.82, 2.24) is 10.2 Å². The summed E-state index contributed by atoms with van der Waals surface area (Å²) >= 11 is 3.49. The fourth-order valence-electron chi connectivity index (χ4n) is 6.20. The lowest BCUT2D eigenvalue weighted by atomic mass is 9.72. The molecule has 3 fully saturated rings. The molecular formula is C25H33BrN2O5. The molecule has 1 aromatic carbocycles. The number of nitrogens with zero attached hydrogens (tertiary/aromatic N) is 1. The van der Waals surface area contributed by atoms with Gasteiger partial charge in [-0.15, -0.1) is 0 Å². The van der Waals surface area contributed by atoms with Crippen LogP contribution in [0.5, 0.6) is 5.75 Å². The molecule has 3 aliphatic rings. The summed E-state index contributed by atoms with van der Waals surface area (Å²) in [6.07, 6.45) is 5.53. The Hall–Kier alpha value is -1.93. The van der Waals surface area contributed by atoms with Crippen molar-refractivity contribution in [1.29, 1.82) is 0 Å². The quantitative estimate of drug-likeness (QED) is 0.562. The number of imide groups is 1. The summed E-state index contributed by atoms with van der Waals surface area (Å²) in [6, 6.07) is 4.83. The first kappa shape index (κ1) is 24.2. The van der Waals surface area contributed by atoms with Gasteiger partial charge >= 0.3 is 5.97 Å². The summed E-state index contributed by atoms with van der Waals surface area (Å²) in [7, 11) is 1.55. The van der Waals surface area contributed by atoms with E-state index in [9.17, 15) is 19.5 Å². The Kier molecular flexibility index (Phi) is 6.37. The molecule has 1 saturated carbocycles. The summed E-state index contributed by atoms with van der Waals surface area (Å²) in [5.41, 5.74) is -1.55. The zero-order chi connectivity index (χ0) is 24.1. The SMILES string of the molecule is COc1ccc(Br)cc1C1NC(CC2CCCCC2)(C(=O)O)C2C(=O)N(C(C)(C)C)C(=O)C12. The third-order valence-corrected chi connectivity index (χ3v) is 8.06. The molecule has 2 saturated heterocycles. The number of carbonyl (C=O) groups excluding carboxylic acids is 2. The number of fused-ring (bicyclic) bond motifs is 1. The van der Waals surface area contributed by atoms with Crippen LogP contribution in [-0.2, 0) is 14.4 Å². The minimum Gasteiger partial charge on any atom is -0.496 e. The number of aliphatic carboxylic acids is 1. The van der Waals surface area contributed by atoms with Crippen LogP contribution in [0.4, 0.5) is 0 Å². The molecule has 8 heteroatoms. The number of carboxylic acid groups (broad SMARTS) is 1. The van der Waals surface area contributed by atoms with Gasteiger partial charge in [0, 0.05) is 21.6 Å². The van der Waals surface area contributed by atoms with Gasteiger partial charge in [0.2, 0.25) is 11.8 Å². The average molecular weight is 521 g/mol. The van der Waals surface area contributed by atoms with Gasteiger partial charge in [-0.05, 0) is 51.3 Å². The normalized spacial score (nSPS) is 30.6. The van der Waals surface area contributed by atoms with Crippen molar-refractivity contribution in [3.05, 3.63) is 28.2 Å². The molecule has 4 rings (SSSR count). The first-order valence-electron chi connectivity index (χ1n) is 11.7. The van der Waals surface area contributed by atoms with E-state index in [-0.39, 0.29) is 17.7 Å². The van der Waals surface area contributed by atoms with E-state index in [1.54, 1.807) is 13.2 Å². The van der Waals surface area contributed by atoms with Crippen molar-refractivity contribution < 1.29 is 24.2 Å². The highest BCUT2D eigenvalue weighted by Crippen LogP contribution is 2.54. The summed E-state index contributed by atoms with van der Waals surface area (Å²) in [4.78, 5) is 41.8. The molecule has 2 N–H and O–H groups in total. The molecule has 4 atom stereocenters. The van der Waals surface area contributed by atoms with Crippen molar-refractivity contribution >= 4 is 33.7 Å². The van der Waals surface area contributed by atoms with E-state index < -0.39 is 34.9 Å². The summed E-state index contributed by atoms with van der Waals surface area (Å²) in [5.74, 6) is -2.77. The Morgan fingerprint density at radius 2 is 1.88 bits per heavy atom. The van der Waals surface area contributed by atoms with E-state index in [4.69, 9.17) is 4.74 Å². The van der Waals surface area contributed by atoms with Crippen molar-refractivity contribution in [3.63, 3.8) is 0 Å². The lowest BCUT2D eigenvalue weighted by Crippen LogP contribution is -2.58. The zero-order valence-electron chi connectivity index (χ0n) is 19.7. The number of hydrogen-bond donors (Lipinski definition) is 2. The molecule has 33 heavy (non-hydrogen) atoms. The Bertz CT molecular complexity index is 968. The van der Waals surface area contributed by atoms with Crippen LogP contribution in [-0.4, -0.2) is 46.0 Å². The minimum atomic E-state index is -1.50. The third-order valence-electron chi connectivity index (χ3n) is 7.57. The first-order chi connectivity index (χ1) is 15.5. The number of methoxy groups -OCH3 is 1. The van der Waals surface area contributed by atoms with Crippen LogP contribution in [0.25, 0.3) is 0 Å². The first-order valence-corrected chi connectivity index (χ1v) is 12.5. The monoisotopic (exact) mass is 520 g/mol. The van der Waals surface area contributed by atoms with Crippen molar-refractivity contribution in [3.8, 4) is 5.75 Å². The van der Waals surface area contributed by atoms with Crippen LogP contribution >= 0.6 is 15.9 Å². The number of ether oxygens (including phenoxy) is 1. The number of halogens is 1. The number of carbonyl (C=O) groups is 3. The molecule has 2 amide bonds. The summed E-state index contributed by atoms with van der Waals surface area (Å²) in [5, 5.41) is 13.9. The van der Waals surface area contributed by atoms with Crippen LogP contribution in [0.2, 0.25) is 0 Å². The number of rotatable bonds is 5. The van der Waals surface area contributed by atoms with Gasteiger partial charge in [-0.25, -0.2) is 0 Å². The molecule has 2 heterocycles. The fraction of sp³-hybridized carbons (Fsp3) is 0.640. The number of likely N-dealkylation sites (tertiary alicyclic amines) is 1. The van der Waals surface area contributed by atoms with E-state index in [2.05, 4.69) is 21.2 Å². The third kappa shape index (κ3) is 3.99. The van der Waals surface area contributed by atoms with Crippen LogP contribution in [0.15, 0.2) is 22.7 Å². The molecular weight excluding hydrogens is 488 g/mol. The van der Waals surface area contributed by atoms with Crippen molar-refractivity contribution in [2.24, 2.45) is 17.8 Å². The summed E-state index contributed by atoms with van der Waals surface area (Å²) in [6.45, 7) is 5.45. The molecule has 2 aliphatic heterocycles. The van der Waals surface area contributed by atoms with Gasteiger partial charge < -0.3 is 9.84 Å². The predicted octanol–water partition coefficient (Wildman–Crippen LogP) is 4.30. The molecule has 1 aromatic rings. The molecule has 4 unspecified atom stereocenters. The molecule has 0 radical (unpaired) electrons. The summed E-state index contributed by atoms with van der Waals surface area (Å²) < 4.78 is 6.37. The Morgan fingerprint density at radius 1 is 1.21 bits per heavy atom. The second-order valence-corrected chi connectivity index (χ2v) is 11.6. The number of benzene rings is 1. The minimum absolute atomic E-state index is 0.206. The smallest absolute Gasteiger partial charge is 0.324 e. The van der Waals surface area contributed by atoms with Gasteiger partial charge in [-0.2, -0.15) is 0 Å². The lowest BCUT2D eigenvalue weighted by Gasteiger charge is -2.37. The number of carboxylic acids is 1. The van der Waals surface area contributed by atoms with Crippen molar-refractivity contribution in [2.75, 3.05) is 7.11 Å². The standard InChI is InChI=1S/C25H33BrN2O5/c1-24(2,3)28-21(29)18-19(22(28)30)25(23(31)32,13-14-8-6-5-7-9-14)27-20(18)16-12-15(26)10-11-17(16)33-4/h10-12,14,18-20,27H,5-9,13H2,1-4H3,(H,31,32). The van der Waals surface area contributed by atoms with E-state index in [1.165, 1.54) is 4.90 Å². The number of nitrogens with one attached hydrogen (secondary N) is 1. The van der Waals surface area contributed by atoms with Crippen LogP contribution in [0, 0.1) is 17.8 Å². The maximum Gasteiger partial charge on any atom is 0.324 e. The highest BCUT2D eigenvalue weighted by Gasteiger charge is 2.69. The highest BCUT2D eigenvalue weighted by atomic mass is 79.9. The zero-order valence-corrected chi connectivity index (χ0v) is 21.3. The van der Waals surface area contributed by atoms with Crippen LogP contribution in [0.3, 0.4) is 0 Å². The van der Waals surface area contributed by atoms with Gasteiger partial charge in [0.05, 0.1) is 18.9 Å². The van der Waals surface area contributed by atoms with Gasteiger partial charge in [0.15, 0.2) is 0 Å². The largest absolute Gasteiger partial charge is 0.496 e. The molecule has 180 valence electrons. The van der Waals surface area contributed by atoms with Crippen LogP contribution < -0.4 is 10.1 Å². The Morgan fingerprint density at radius 3 is 2.45 bits per heavy atom. The van der Waals surface area contributed by atoms with Gasteiger partial charge in [0.1, 0.15) is 11.3 Å². The molecule has 0 bridgehead atoms. The average Bonchev–Trinajstić information content (AvgIpc) is 3.23. The van der Waals surface area contributed by atoms with E-state index in [0.717, 1.165) is 36.6 Å². The maximum atomic E-state index is 13.8. The predicted molar refractivity (Wildman–Crippen MR) is 127 cm³/mol. The highest BCUT2D eigenvalue weighted by molar-refractivity contribution is 9.10. The molecule has 0 aromatic heterocycles. The number of amides is 2. The molecule has 1 aliphatic carbocycles. The van der Waals surface area contributed by atoms with Crippen LogP contribution in [0.1, 0.15) is 70.9 Å². The van der Waals surface area contributed by atoms with Crippen molar-refractivity contribution in [2.45, 2.75) is 76.4 Å². The van der Waals surface area contributed by atoms with Gasteiger partial charge in [-0.1, -0.05) is 48.0 Å². The molecule has 0 spiro atoms. The van der Waals surface area contributed by atoms with Gasteiger partial charge in [0.25, 0.3) is 0 Å². The van der Waals surface area contributed by atoms with E-state index >= 15 is 0 Å². The fourth-order valence-corrected chi connectivity index (χ4v) is 6.58. The van der Waals surface area contributed by atoms with Gasteiger partial charge in [-0.3, -0.25) is 24.6 Å². The van der Waals surface area contributed by atoms with E-state index in [0.29, 0.717) is 17.7 Å². The lowest BCUT2D eigenvalue weighted by molar-refractivity contribution is -0.154. The second kappa shape index (κ2) is 8.69. The van der Waals surface area contributed by atoms with E-state index in [1.807, 2.05) is 32.9 Å². The Labute approximate surface area is 203 Å². The topological polar surface area (TPSA) is 95.9 Å². The second-order valence-electron chi connectivity index (χ2n) is 10.7. The Balaban J connectivity index is 1.86. The maximum absolute atomic E-state index is 13.8.